The predicted molar refractivity (Wildman–Crippen MR) is 94.1 cm³/mol. The Bertz CT molecular complexity index is 626. The molecule has 23 heavy (non-hydrogen) atoms. The summed E-state index contributed by atoms with van der Waals surface area (Å²) in [7, 11) is 0. The molecule has 1 N–H and O–H groups in total. The molecule has 0 aliphatic carbocycles. The molecule has 0 saturated heterocycles. The van der Waals surface area contributed by atoms with Crippen LogP contribution in [0.25, 0.3) is 0 Å². The summed E-state index contributed by atoms with van der Waals surface area (Å²) < 4.78 is 5.70. The molecule has 2 aromatic carbocycles. The van der Waals surface area contributed by atoms with E-state index in [0.717, 1.165) is 31.4 Å². The highest BCUT2D eigenvalue weighted by Crippen LogP contribution is 2.19. The average molecular weight is 332 g/mol. The van der Waals surface area contributed by atoms with Gasteiger partial charge in [0, 0.05) is 22.7 Å². The summed E-state index contributed by atoms with van der Waals surface area (Å²) in [4.78, 5) is 12.0. The topological polar surface area (TPSA) is 38.3 Å². The van der Waals surface area contributed by atoms with Gasteiger partial charge in [0.2, 0.25) is 0 Å². The molecule has 0 radical (unpaired) electrons. The normalized spacial score (nSPS) is 10.3. The van der Waals surface area contributed by atoms with Gasteiger partial charge in [0.1, 0.15) is 12.4 Å². The van der Waals surface area contributed by atoms with E-state index in [1.54, 1.807) is 24.3 Å². The third kappa shape index (κ3) is 5.61. The maximum atomic E-state index is 12.0. The molecular weight excluding hydrogens is 310 g/mol. The number of carbonyl (C=O) groups is 1. The highest BCUT2D eigenvalue weighted by molar-refractivity contribution is 6.31. The fourth-order valence-corrected chi connectivity index (χ4v) is 2.35. The van der Waals surface area contributed by atoms with Gasteiger partial charge >= 0.3 is 0 Å². The van der Waals surface area contributed by atoms with Crippen LogP contribution in [0.3, 0.4) is 0 Å². The molecule has 0 unspecified atom stereocenters. The minimum Gasteiger partial charge on any atom is -0.489 e. The number of unbranched alkanes of at least 4 members (excludes halogenated alkanes) is 2. The highest BCUT2D eigenvalue weighted by atomic mass is 35.5. The van der Waals surface area contributed by atoms with Crippen LogP contribution in [-0.2, 0) is 6.61 Å². The van der Waals surface area contributed by atoms with Crippen molar-refractivity contribution in [3.8, 4) is 5.75 Å². The standard InChI is InChI=1S/C19H22ClNO2/c1-2-3-6-13-21-19(22)15-9-11-17(12-10-15)23-14-16-7-4-5-8-18(16)20/h4-5,7-12H,2-3,6,13-14H2,1H3,(H,21,22). The number of ether oxygens (including phenoxy) is 1. The second-order valence-corrected chi connectivity index (χ2v) is 5.77. The van der Waals surface area contributed by atoms with E-state index in [4.69, 9.17) is 16.3 Å². The van der Waals surface area contributed by atoms with Crippen LogP contribution in [0.5, 0.6) is 5.75 Å². The Hall–Kier alpha value is -2.00. The van der Waals surface area contributed by atoms with Gasteiger partial charge in [-0.15, -0.1) is 0 Å². The second kappa shape index (κ2) is 9.21. The third-order valence-electron chi connectivity index (χ3n) is 3.53. The van der Waals surface area contributed by atoms with Crippen molar-refractivity contribution in [1.29, 1.82) is 0 Å². The van der Waals surface area contributed by atoms with Crippen molar-refractivity contribution in [3.05, 3.63) is 64.7 Å². The molecule has 0 bridgehead atoms. The van der Waals surface area contributed by atoms with Crippen molar-refractivity contribution in [2.45, 2.75) is 32.8 Å². The number of hydrogen-bond acceptors (Lipinski definition) is 2. The quantitative estimate of drug-likeness (QED) is 0.703. The van der Waals surface area contributed by atoms with E-state index in [1.165, 1.54) is 0 Å². The van der Waals surface area contributed by atoms with Gasteiger partial charge in [-0.2, -0.15) is 0 Å². The predicted octanol–water partition coefficient (Wildman–Crippen LogP) is 4.84. The van der Waals surface area contributed by atoms with Crippen LogP contribution in [0.2, 0.25) is 5.02 Å². The summed E-state index contributed by atoms with van der Waals surface area (Å²) in [5.74, 6) is 0.672. The number of nitrogens with one attached hydrogen (secondary N) is 1. The van der Waals surface area contributed by atoms with E-state index in [1.807, 2.05) is 24.3 Å². The van der Waals surface area contributed by atoms with E-state index < -0.39 is 0 Å². The summed E-state index contributed by atoms with van der Waals surface area (Å²) in [6.07, 6.45) is 3.30. The van der Waals surface area contributed by atoms with Gasteiger partial charge in [-0.1, -0.05) is 49.6 Å². The molecule has 1 amide bonds. The maximum absolute atomic E-state index is 12.0. The molecule has 0 atom stereocenters. The van der Waals surface area contributed by atoms with Crippen LogP contribution in [0.1, 0.15) is 42.1 Å². The van der Waals surface area contributed by atoms with Crippen LogP contribution in [0.15, 0.2) is 48.5 Å². The van der Waals surface area contributed by atoms with E-state index in [9.17, 15) is 4.79 Å². The molecule has 2 rings (SSSR count). The molecule has 3 nitrogen and oxygen atoms in total. The van der Waals surface area contributed by atoms with Crippen molar-refractivity contribution in [2.75, 3.05) is 6.54 Å². The molecule has 0 aliphatic rings. The lowest BCUT2D eigenvalue weighted by atomic mass is 10.2. The summed E-state index contributed by atoms with van der Waals surface area (Å²) in [5, 5.41) is 3.61. The van der Waals surface area contributed by atoms with Crippen molar-refractivity contribution in [2.24, 2.45) is 0 Å². The monoisotopic (exact) mass is 331 g/mol. The van der Waals surface area contributed by atoms with Crippen molar-refractivity contribution < 1.29 is 9.53 Å². The molecule has 0 saturated carbocycles. The second-order valence-electron chi connectivity index (χ2n) is 5.37. The third-order valence-corrected chi connectivity index (χ3v) is 3.90. The first-order valence-electron chi connectivity index (χ1n) is 7.95. The Morgan fingerprint density at radius 3 is 2.52 bits per heavy atom. The van der Waals surface area contributed by atoms with Gasteiger partial charge in [0.05, 0.1) is 0 Å². The van der Waals surface area contributed by atoms with Crippen LogP contribution in [0.4, 0.5) is 0 Å². The van der Waals surface area contributed by atoms with Crippen molar-refractivity contribution in [3.63, 3.8) is 0 Å². The summed E-state index contributed by atoms with van der Waals surface area (Å²) in [6.45, 7) is 3.27. The zero-order valence-electron chi connectivity index (χ0n) is 13.3. The number of amides is 1. The Morgan fingerprint density at radius 2 is 1.83 bits per heavy atom. The lowest BCUT2D eigenvalue weighted by Crippen LogP contribution is -2.24. The lowest BCUT2D eigenvalue weighted by molar-refractivity contribution is 0.0953. The van der Waals surface area contributed by atoms with Gasteiger partial charge in [0.15, 0.2) is 0 Å². The smallest absolute Gasteiger partial charge is 0.251 e. The highest BCUT2D eigenvalue weighted by Gasteiger charge is 2.05. The molecule has 4 heteroatoms. The van der Waals surface area contributed by atoms with Crippen LogP contribution in [-0.4, -0.2) is 12.5 Å². The van der Waals surface area contributed by atoms with Gasteiger partial charge in [-0.25, -0.2) is 0 Å². The van der Waals surface area contributed by atoms with Crippen molar-refractivity contribution in [1.82, 2.24) is 5.32 Å². The first-order chi connectivity index (χ1) is 11.2. The minimum absolute atomic E-state index is 0.0428. The maximum Gasteiger partial charge on any atom is 0.251 e. The van der Waals surface area contributed by atoms with Crippen LogP contribution >= 0.6 is 11.6 Å². The SMILES string of the molecule is CCCCCNC(=O)c1ccc(OCc2ccccc2Cl)cc1. The summed E-state index contributed by atoms with van der Waals surface area (Å²) in [6, 6.07) is 14.7. The number of rotatable bonds is 8. The van der Waals surface area contributed by atoms with Crippen LogP contribution in [0, 0.1) is 0 Å². The van der Waals surface area contributed by atoms with E-state index in [-0.39, 0.29) is 5.91 Å². The molecule has 0 heterocycles. The molecular formula is C19H22ClNO2. The zero-order valence-corrected chi connectivity index (χ0v) is 14.1. The van der Waals surface area contributed by atoms with E-state index in [0.29, 0.717) is 22.9 Å². The average Bonchev–Trinajstić information content (AvgIpc) is 2.58. The number of halogens is 1. The Morgan fingerprint density at radius 1 is 1.09 bits per heavy atom. The fraction of sp³-hybridized carbons (Fsp3) is 0.316. The first-order valence-corrected chi connectivity index (χ1v) is 8.33. The van der Waals surface area contributed by atoms with Gasteiger partial charge < -0.3 is 10.1 Å². The number of hydrogen-bond donors (Lipinski definition) is 1. The zero-order chi connectivity index (χ0) is 16.5. The molecule has 0 aliphatic heterocycles. The minimum atomic E-state index is -0.0428. The van der Waals surface area contributed by atoms with E-state index >= 15 is 0 Å². The molecule has 0 spiro atoms. The van der Waals surface area contributed by atoms with Gasteiger partial charge in [0.25, 0.3) is 5.91 Å². The fourth-order valence-electron chi connectivity index (χ4n) is 2.16. The number of benzene rings is 2. The van der Waals surface area contributed by atoms with E-state index in [2.05, 4.69) is 12.2 Å². The lowest BCUT2D eigenvalue weighted by Gasteiger charge is -2.09. The van der Waals surface area contributed by atoms with Gasteiger partial charge in [-0.3, -0.25) is 4.79 Å². The number of carbonyl (C=O) groups excluding carboxylic acids is 1. The molecule has 0 fully saturated rings. The molecule has 122 valence electrons. The molecule has 0 aromatic heterocycles. The Kier molecular flexibility index (Phi) is 6.95. The molecule has 2 aromatic rings. The summed E-state index contributed by atoms with van der Waals surface area (Å²) in [5.41, 5.74) is 1.58. The van der Waals surface area contributed by atoms with Crippen molar-refractivity contribution >= 4 is 17.5 Å². The Labute approximate surface area is 142 Å². The van der Waals surface area contributed by atoms with Crippen LogP contribution < -0.4 is 10.1 Å². The largest absolute Gasteiger partial charge is 0.489 e. The first kappa shape index (κ1) is 17.4. The summed E-state index contributed by atoms with van der Waals surface area (Å²) >= 11 is 6.10. The van der Waals surface area contributed by atoms with Gasteiger partial charge in [-0.05, 0) is 36.8 Å². The Balaban J connectivity index is 1.84.